The number of nitrogens with zero attached hydrogens (tertiary/aromatic N) is 2. The first kappa shape index (κ1) is 39.2. The molecule has 8 rings (SSSR count). The molecular formula is C58H48N2. The molecular weight excluding hydrogens is 725 g/mol. The van der Waals surface area contributed by atoms with Gasteiger partial charge in [-0.3, -0.25) is 0 Å². The zero-order valence-corrected chi connectivity index (χ0v) is 34.2. The Balaban J connectivity index is 1.08. The number of allylic oxidation sites excluding steroid dienone is 7. The highest BCUT2D eigenvalue weighted by Gasteiger charge is 2.15. The van der Waals surface area contributed by atoms with Crippen LogP contribution in [-0.2, 0) is 0 Å². The van der Waals surface area contributed by atoms with Gasteiger partial charge in [-0.25, -0.2) is 0 Å². The predicted molar refractivity (Wildman–Crippen MR) is 260 cm³/mol. The average Bonchev–Trinajstić information content (AvgIpc) is 3.30. The first-order valence-corrected chi connectivity index (χ1v) is 20.4. The number of hydrogen-bond donors (Lipinski definition) is 0. The number of anilines is 5. The van der Waals surface area contributed by atoms with Gasteiger partial charge in [-0.05, 0) is 136 Å². The lowest BCUT2D eigenvalue weighted by Gasteiger charge is -2.26. The summed E-state index contributed by atoms with van der Waals surface area (Å²) in [6.45, 7) is 12.4. The van der Waals surface area contributed by atoms with Gasteiger partial charge in [-0.1, -0.05) is 177 Å². The average molecular weight is 773 g/mol. The van der Waals surface area contributed by atoms with Gasteiger partial charge < -0.3 is 9.80 Å². The van der Waals surface area contributed by atoms with Crippen LogP contribution < -0.4 is 9.80 Å². The maximum Gasteiger partial charge on any atom is 0.0462 e. The molecule has 0 bridgehead atoms. The second kappa shape index (κ2) is 18.3. The number of benzene rings is 8. The van der Waals surface area contributed by atoms with Gasteiger partial charge in [0.2, 0.25) is 0 Å². The molecule has 0 atom stereocenters. The van der Waals surface area contributed by atoms with Crippen molar-refractivity contribution in [1.29, 1.82) is 0 Å². The van der Waals surface area contributed by atoms with E-state index in [2.05, 4.69) is 249 Å². The molecule has 0 N–H and O–H groups in total. The van der Waals surface area contributed by atoms with Crippen LogP contribution in [0.5, 0.6) is 0 Å². The summed E-state index contributed by atoms with van der Waals surface area (Å²) in [6, 6.07) is 69.1. The maximum absolute atomic E-state index is 4.22. The van der Waals surface area contributed by atoms with Crippen LogP contribution in [0.1, 0.15) is 23.6 Å². The van der Waals surface area contributed by atoms with E-state index in [0.717, 1.165) is 45.3 Å². The maximum atomic E-state index is 4.22. The molecule has 8 aromatic carbocycles. The Morgan fingerprint density at radius 3 is 1.67 bits per heavy atom. The fourth-order valence-corrected chi connectivity index (χ4v) is 7.90. The summed E-state index contributed by atoms with van der Waals surface area (Å²) < 4.78 is 0. The van der Waals surface area contributed by atoms with Crippen molar-refractivity contribution in [2.75, 3.05) is 9.80 Å². The van der Waals surface area contributed by atoms with Gasteiger partial charge in [-0.15, -0.1) is 0 Å². The third-order valence-corrected chi connectivity index (χ3v) is 11.0. The molecule has 0 aromatic heterocycles. The van der Waals surface area contributed by atoms with Gasteiger partial charge in [0, 0.05) is 34.1 Å². The molecule has 60 heavy (non-hydrogen) atoms. The molecule has 8 aromatic rings. The molecule has 0 aliphatic carbocycles. The fraction of sp³-hybridized carbons (Fsp3) is 0.0345. The van der Waals surface area contributed by atoms with Crippen LogP contribution in [0, 0.1) is 6.92 Å². The first-order valence-electron chi connectivity index (χ1n) is 20.4. The largest absolute Gasteiger partial charge is 0.315 e. The Labute approximate surface area is 355 Å². The van der Waals surface area contributed by atoms with E-state index in [4.69, 9.17) is 0 Å². The van der Waals surface area contributed by atoms with Crippen molar-refractivity contribution in [2.24, 2.45) is 0 Å². The van der Waals surface area contributed by atoms with E-state index in [1.165, 1.54) is 44.2 Å². The number of aryl methyl sites for hydroxylation is 1. The van der Waals surface area contributed by atoms with Gasteiger partial charge in [-0.2, -0.15) is 0 Å². The highest BCUT2D eigenvalue weighted by atomic mass is 15.1. The molecule has 0 aliphatic heterocycles. The third kappa shape index (κ3) is 8.45. The highest BCUT2D eigenvalue weighted by molar-refractivity contribution is 5.97. The lowest BCUT2D eigenvalue weighted by molar-refractivity contribution is 1.16. The van der Waals surface area contributed by atoms with Crippen molar-refractivity contribution in [1.82, 2.24) is 0 Å². The second-order valence-corrected chi connectivity index (χ2v) is 14.8. The molecule has 0 unspecified atom stereocenters. The van der Waals surface area contributed by atoms with Gasteiger partial charge in [0.1, 0.15) is 0 Å². The summed E-state index contributed by atoms with van der Waals surface area (Å²) in [5.74, 6) is 0. The number of hydrogen-bond acceptors (Lipinski definition) is 2. The molecule has 0 radical (unpaired) electrons. The monoisotopic (exact) mass is 772 g/mol. The van der Waals surface area contributed by atoms with E-state index in [1.807, 2.05) is 18.2 Å². The van der Waals surface area contributed by atoms with Crippen LogP contribution in [0.2, 0.25) is 0 Å². The quantitative estimate of drug-likeness (QED) is 0.108. The molecule has 0 saturated carbocycles. The lowest BCUT2D eigenvalue weighted by atomic mass is 9.95. The summed E-state index contributed by atoms with van der Waals surface area (Å²) in [5.41, 5.74) is 15.9. The minimum absolute atomic E-state index is 1.04. The molecule has 0 aliphatic rings. The van der Waals surface area contributed by atoms with Gasteiger partial charge in [0.05, 0.1) is 0 Å². The van der Waals surface area contributed by atoms with Crippen LogP contribution >= 0.6 is 0 Å². The van der Waals surface area contributed by atoms with E-state index in [9.17, 15) is 0 Å². The summed E-state index contributed by atoms with van der Waals surface area (Å²) in [7, 11) is 0. The Morgan fingerprint density at radius 1 is 0.483 bits per heavy atom. The number of rotatable bonds is 13. The SMILES string of the molecule is C=C/C=C\c1c(C)cccc1-c1ccc(N(/C(C)=C/C=C(\C=C)c2ccc(N(c3ccccc3)c3ccc(-c4cccc5ccccc45)cc3)cc2)c2ccccc2)cc1. The zero-order chi connectivity index (χ0) is 41.3. The van der Waals surface area contributed by atoms with E-state index in [0.29, 0.717) is 0 Å². The van der Waals surface area contributed by atoms with Crippen molar-refractivity contribution in [3.63, 3.8) is 0 Å². The van der Waals surface area contributed by atoms with Gasteiger partial charge in [0.25, 0.3) is 0 Å². The Kier molecular flexibility index (Phi) is 11.9. The van der Waals surface area contributed by atoms with Crippen LogP contribution in [0.4, 0.5) is 28.4 Å². The standard InChI is InChI=1S/C58H48N2/c1-5-7-25-55-43(3)18-16-27-56(55)48-33-39-52(40-34-48)59(50-21-10-8-11-22-50)44(4)29-30-45(6-2)46-31-37-53(38-32-46)60(51-23-12-9-13-24-51)54-41-35-49(36-42-54)58-28-17-20-47-19-14-15-26-57(47)58/h5-42H,1-2H2,3-4H3/b25-7-,44-29+,45-30+. The summed E-state index contributed by atoms with van der Waals surface area (Å²) in [5, 5.41) is 2.50. The molecule has 290 valence electrons. The van der Waals surface area contributed by atoms with Crippen molar-refractivity contribution in [2.45, 2.75) is 13.8 Å². The molecule has 2 heteroatoms. The van der Waals surface area contributed by atoms with E-state index in [1.54, 1.807) is 0 Å². The van der Waals surface area contributed by atoms with E-state index >= 15 is 0 Å². The number of para-hydroxylation sites is 2. The molecule has 0 saturated heterocycles. The van der Waals surface area contributed by atoms with E-state index < -0.39 is 0 Å². The van der Waals surface area contributed by atoms with E-state index in [-0.39, 0.29) is 0 Å². The Morgan fingerprint density at radius 2 is 1.00 bits per heavy atom. The first-order chi connectivity index (χ1) is 29.5. The van der Waals surface area contributed by atoms with Crippen LogP contribution in [0.15, 0.2) is 243 Å². The highest BCUT2D eigenvalue weighted by Crippen LogP contribution is 2.38. The zero-order valence-electron chi connectivity index (χ0n) is 34.2. The topological polar surface area (TPSA) is 6.48 Å². The van der Waals surface area contributed by atoms with Gasteiger partial charge >= 0.3 is 0 Å². The molecule has 0 heterocycles. The predicted octanol–water partition coefficient (Wildman–Crippen LogP) is 16.5. The number of fused-ring (bicyclic) bond motifs is 1. The minimum Gasteiger partial charge on any atom is -0.315 e. The summed E-state index contributed by atoms with van der Waals surface area (Å²) in [6.07, 6.45) is 12.2. The van der Waals surface area contributed by atoms with Crippen molar-refractivity contribution >= 4 is 50.9 Å². The lowest BCUT2D eigenvalue weighted by Crippen LogP contribution is -2.14. The normalized spacial score (nSPS) is 11.8. The molecule has 0 spiro atoms. The van der Waals surface area contributed by atoms with Crippen LogP contribution in [-0.4, -0.2) is 0 Å². The Hall–Kier alpha value is -7.68. The second-order valence-electron chi connectivity index (χ2n) is 14.8. The smallest absolute Gasteiger partial charge is 0.0462 e. The fourth-order valence-electron chi connectivity index (χ4n) is 7.90. The molecule has 0 amide bonds. The van der Waals surface area contributed by atoms with Crippen molar-refractivity contribution < 1.29 is 0 Å². The van der Waals surface area contributed by atoms with Crippen molar-refractivity contribution in [3.8, 4) is 22.3 Å². The Bertz CT molecular complexity index is 2820. The van der Waals surface area contributed by atoms with Crippen LogP contribution in [0.25, 0.3) is 44.7 Å². The summed E-state index contributed by atoms with van der Waals surface area (Å²) >= 11 is 0. The summed E-state index contributed by atoms with van der Waals surface area (Å²) in [4.78, 5) is 4.60. The van der Waals surface area contributed by atoms with Gasteiger partial charge in [0.15, 0.2) is 0 Å². The molecule has 0 fully saturated rings. The third-order valence-electron chi connectivity index (χ3n) is 11.0. The molecule has 2 nitrogen and oxygen atoms in total. The minimum atomic E-state index is 1.04. The van der Waals surface area contributed by atoms with Crippen LogP contribution in [0.3, 0.4) is 0 Å². The van der Waals surface area contributed by atoms with Crippen molar-refractivity contribution in [3.05, 3.63) is 260 Å².